The Labute approximate surface area is 250 Å². The van der Waals surface area contributed by atoms with E-state index in [4.69, 9.17) is 21.1 Å². The Balaban J connectivity index is 1.55. The van der Waals surface area contributed by atoms with E-state index in [1.54, 1.807) is 55.5 Å². The van der Waals surface area contributed by atoms with E-state index in [9.17, 15) is 21.6 Å². The van der Waals surface area contributed by atoms with Crippen molar-refractivity contribution in [1.82, 2.24) is 0 Å². The Hall–Kier alpha value is -4.26. The molecule has 0 unspecified atom stereocenters. The maximum absolute atomic E-state index is 13.7. The molecule has 0 atom stereocenters. The molecule has 0 aromatic heterocycles. The van der Waals surface area contributed by atoms with E-state index >= 15 is 0 Å². The van der Waals surface area contributed by atoms with Gasteiger partial charge < -0.3 is 14.8 Å². The number of ether oxygens (including phenoxy) is 2. The Bertz CT molecular complexity index is 1750. The zero-order chi connectivity index (χ0) is 30.3. The second-order valence-corrected chi connectivity index (χ2v) is 12.8. The minimum absolute atomic E-state index is 0.0334. The quantitative estimate of drug-likeness (QED) is 0.215. The molecule has 4 rings (SSSR count). The van der Waals surface area contributed by atoms with Crippen LogP contribution in [-0.4, -0.2) is 43.0 Å². The van der Waals surface area contributed by atoms with Crippen molar-refractivity contribution in [3.8, 4) is 11.5 Å². The van der Waals surface area contributed by atoms with Gasteiger partial charge in [-0.25, -0.2) is 16.8 Å². The number of carbonyl (C=O) groups is 1. The van der Waals surface area contributed by atoms with Gasteiger partial charge in [-0.05, 0) is 91.9 Å². The van der Waals surface area contributed by atoms with Crippen molar-refractivity contribution in [2.45, 2.75) is 16.7 Å². The molecule has 0 saturated carbocycles. The summed E-state index contributed by atoms with van der Waals surface area (Å²) in [7, 11) is -6.62. The van der Waals surface area contributed by atoms with E-state index in [1.807, 2.05) is 0 Å². The maximum atomic E-state index is 13.7. The lowest BCUT2D eigenvalue weighted by Gasteiger charge is -2.26. The van der Waals surface area contributed by atoms with Crippen LogP contribution in [0.15, 0.2) is 107 Å². The first kappa shape index (κ1) is 30.7. The topological polar surface area (TPSA) is 131 Å². The van der Waals surface area contributed by atoms with Gasteiger partial charge in [0.15, 0.2) is 0 Å². The number of hydrogen-bond acceptors (Lipinski definition) is 7. The van der Waals surface area contributed by atoms with Gasteiger partial charge >= 0.3 is 0 Å². The molecule has 0 bridgehead atoms. The molecule has 0 heterocycles. The standard InChI is InChI=1S/C29H28ClN3O7S2/c1-3-40-28-7-5-4-6-27(28)33(42(37,38)26-16-8-21(30)9-17-26)20-29(34)31-22-12-18-25(19-13-22)41(35,36)32-23-10-14-24(39-2)15-11-23/h4-19,32H,3,20H2,1-2H3,(H,31,34). The third-order valence-electron chi connectivity index (χ3n) is 5.91. The van der Waals surface area contributed by atoms with E-state index < -0.39 is 32.5 Å². The van der Waals surface area contributed by atoms with Gasteiger partial charge in [0, 0.05) is 16.4 Å². The van der Waals surface area contributed by atoms with Crippen LogP contribution in [0.1, 0.15) is 6.92 Å². The number of anilines is 3. The Morgan fingerprint density at radius 2 is 1.40 bits per heavy atom. The predicted molar refractivity (Wildman–Crippen MR) is 162 cm³/mol. The van der Waals surface area contributed by atoms with Crippen molar-refractivity contribution in [1.29, 1.82) is 0 Å². The van der Waals surface area contributed by atoms with Crippen LogP contribution >= 0.6 is 11.6 Å². The first-order valence-corrected chi connectivity index (χ1v) is 15.9. The molecule has 0 aliphatic rings. The Morgan fingerprint density at radius 3 is 2.02 bits per heavy atom. The van der Waals surface area contributed by atoms with Crippen molar-refractivity contribution in [3.05, 3.63) is 102 Å². The third kappa shape index (κ3) is 7.32. The molecule has 0 fully saturated rings. The lowest BCUT2D eigenvalue weighted by Crippen LogP contribution is -2.38. The highest BCUT2D eigenvalue weighted by molar-refractivity contribution is 7.93. The third-order valence-corrected chi connectivity index (χ3v) is 9.34. The predicted octanol–water partition coefficient (Wildman–Crippen LogP) is 5.38. The molecule has 0 aliphatic heterocycles. The van der Waals surface area contributed by atoms with Gasteiger partial charge in [0.2, 0.25) is 5.91 Å². The van der Waals surface area contributed by atoms with Crippen molar-refractivity contribution < 1.29 is 31.1 Å². The highest BCUT2D eigenvalue weighted by atomic mass is 35.5. The zero-order valence-corrected chi connectivity index (χ0v) is 25.0. The van der Waals surface area contributed by atoms with E-state index in [-0.39, 0.29) is 33.5 Å². The van der Waals surface area contributed by atoms with Crippen LogP contribution in [0.2, 0.25) is 5.02 Å². The van der Waals surface area contributed by atoms with Gasteiger partial charge in [0.25, 0.3) is 20.0 Å². The summed E-state index contributed by atoms with van der Waals surface area (Å²) in [5.74, 6) is 0.203. The summed E-state index contributed by atoms with van der Waals surface area (Å²) in [5, 5.41) is 2.99. The van der Waals surface area contributed by atoms with Crippen LogP contribution in [0.25, 0.3) is 0 Å². The van der Waals surface area contributed by atoms with Crippen molar-refractivity contribution in [3.63, 3.8) is 0 Å². The fourth-order valence-corrected chi connectivity index (χ4v) is 6.51. The molecule has 0 spiro atoms. The van der Waals surface area contributed by atoms with Crippen LogP contribution in [0.3, 0.4) is 0 Å². The van der Waals surface area contributed by atoms with E-state index in [1.165, 1.54) is 55.6 Å². The number of methoxy groups -OCH3 is 1. The van der Waals surface area contributed by atoms with Gasteiger partial charge in [0.05, 0.1) is 29.2 Å². The van der Waals surface area contributed by atoms with E-state index in [0.29, 0.717) is 16.5 Å². The summed E-state index contributed by atoms with van der Waals surface area (Å²) in [4.78, 5) is 13.1. The number of halogens is 1. The first-order chi connectivity index (χ1) is 20.0. The van der Waals surface area contributed by atoms with Crippen molar-refractivity contribution in [2.24, 2.45) is 0 Å². The monoisotopic (exact) mass is 629 g/mol. The number of carbonyl (C=O) groups excluding carboxylic acids is 1. The summed E-state index contributed by atoms with van der Waals surface area (Å²) in [6.45, 7) is 1.45. The van der Waals surface area contributed by atoms with Crippen LogP contribution in [0, 0.1) is 0 Å². The number of para-hydroxylation sites is 2. The zero-order valence-electron chi connectivity index (χ0n) is 22.7. The molecule has 13 heteroatoms. The summed E-state index contributed by atoms with van der Waals surface area (Å²) >= 11 is 5.95. The number of hydrogen-bond donors (Lipinski definition) is 2. The fraction of sp³-hybridized carbons (Fsp3) is 0.138. The van der Waals surface area contributed by atoms with E-state index in [0.717, 1.165) is 4.31 Å². The van der Waals surface area contributed by atoms with Gasteiger partial charge in [-0.2, -0.15) is 0 Å². The average molecular weight is 630 g/mol. The number of nitrogens with zero attached hydrogens (tertiary/aromatic N) is 1. The van der Waals surface area contributed by atoms with Crippen LogP contribution in [-0.2, 0) is 24.8 Å². The number of nitrogens with one attached hydrogen (secondary N) is 2. The Kier molecular flexibility index (Phi) is 9.61. The molecule has 4 aromatic carbocycles. The number of amides is 1. The fourth-order valence-electron chi connectivity index (χ4n) is 3.90. The smallest absolute Gasteiger partial charge is 0.264 e. The van der Waals surface area contributed by atoms with Gasteiger partial charge in [-0.15, -0.1) is 0 Å². The minimum atomic E-state index is -4.22. The molecule has 0 saturated heterocycles. The summed E-state index contributed by atoms with van der Waals surface area (Å²) < 4.78 is 67.2. The summed E-state index contributed by atoms with van der Waals surface area (Å²) in [6.07, 6.45) is 0. The molecule has 1 amide bonds. The molecule has 220 valence electrons. The lowest BCUT2D eigenvalue weighted by molar-refractivity contribution is -0.114. The molecule has 10 nitrogen and oxygen atoms in total. The maximum Gasteiger partial charge on any atom is 0.264 e. The number of benzene rings is 4. The molecule has 2 N–H and O–H groups in total. The Morgan fingerprint density at radius 1 is 0.810 bits per heavy atom. The minimum Gasteiger partial charge on any atom is -0.497 e. The van der Waals surface area contributed by atoms with Gasteiger partial charge in [-0.1, -0.05) is 23.7 Å². The highest BCUT2D eigenvalue weighted by Gasteiger charge is 2.29. The first-order valence-electron chi connectivity index (χ1n) is 12.6. The summed E-state index contributed by atoms with van der Waals surface area (Å²) in [5.41, 5.74) is 0.795. The molecular formula is C29H28ClN3O7S2. The normalized spacial score (nSPS) is 11.4. The van der Waals surface area contributed by atoms with Crippen LogP contribution < -0.4 is 23.8 Å². The molecule has 4 aromatic rings. The average Bonchev–Trinajstić information content (AvgIpc) is 2.97. The second kappa shape index (κ2) is 13.1. The number of rotatable bonds is 12. The lowest BCUT2D eigenvalue weighted by atomic mass is 10.3. The second-order valence-electron chi connectivity index (χ2n) is 8.77. The van der Waals surface area contributed by atoms with Crippen LogP contribution in [0.5, 0.6) is 11.5 Å². The molecule has 42 heavy (non-hydrogen) atoms. The number of sulfonamides is 2. The van der Waals surface area contributed by atoms with Crippen molar-refractivity contribution in [2.75, 3.05) is 34.6 Å². The van der Waals surface area contributed by atoms with Gasteiger partial charge in [0.1, 0.15) is 18.0 Å². The molecular weight excluding hydrogens is 602 g/mol. The summed E-state index contributed by atoms with van der Waals surface area (Å²) in [6, 6.07) is 23.9. The SMILES string of the molecule is CCOc1ccccc1N(CC(=O)Nc1ccc(S(=O)(=O)Nc2ccc(OC)cc2)cc1)S(=O)(=O)c1ccc(Cl)cc1. The van der Waals surface area contributed by atoms with Gasteiger partial charge in [-0.3, -0.25) is 13.8 Å². The largest absolute Gasteiger partial charge is 0.497 e. The van der Waals surface area contributed by atoms with E-state index in [2.05, 4.69) is 10.0 Å². The highest BCUT2D eigenvalue weighted by Crippen LogP contribution is 2.33. The molecule has 0 aliphatic carbocycles. The molecule has 0 radical (unpaired) electrons. The van der Waals surface area contributed by atoms with Crippen LogP contribution in [0.4, 0.5) is 17.1 Å². The van der Waals surface area contributed by atoms with Crippen molar-refractivity contribution >= 4 is 54.6 Å².